The van der Waals surface area contributed by atoms with Crippen LogP contribution in [-0.4, -0.2) is 17.3 Å². The van der Waals surface area contributed by atoms with Gasteiger partial charge >= 0.3 is 0 Å². The standard InChI is InChI=1S/C19H23Cl2N3S2/c1-25-19-16(23-11-13-6-4-8-26-13)10-17(21)24-18(19)14(20)9-12-5-2-3-7-15(12)22/h4,6,8-10,12,15H,2-3,5,7,11,22H2,1H3,(H,23,24)/b14-9-/t12-,15?/m0/s1. The largest absolute Gasteiger partial charge is 0.379 e. The summed E-state index contributed by atoms with van der Waals surface area (Å²) in [5, 5.41) is 6.62. The van der Waals surface area contributed by atoms with Crippen LogP contribution >= 0.6 is 46.3 Å². The van der Waals surface area contributed by atoms with Crippen molar-refractivity contribution in [3.63, 3.8) is 0 Å². The Hall–Kier alpha value is -0.720. The molecule has 0 spiro atoms. The zero-order valence-corrected chi connectivity index (χ0v) is 17.8. The van der Waals surface area contributed by atoms with Crippen LogP contribution in [0.5, 0.6) is 0 Å². The van der Waals surface area contributed by atoms with Gasteiger partial charge in [0.2, 0.25) is 0 Å². The zero-order valence-electron chi connectivity index (χ0n) is 14.7. The Morgan fingerprint density at radius 2 is 2.27 bits per heavy atom. The van der Waals surface area contributed by atoms with Crippen LogP contribution in [0, 0.1) is 5.92 Å². The van der Waals surface area contributed by atoms with Gasteiger partial charge in [0.15, 0.2) is 0 Å². The summed E-state index contributed by atoms with van der Waals surface area (Å²) < 4.78 is 0. The lowest BCUT2D eigenvalue weighted by Gasteiger charge is -2.26. The number of nitrogens with one attached hydrogen (secondary N) is 1. The fraction of sp³-hybridized carbons (Fsp3) is 0.421. The Labute approximate surface area is 173 Å². The molecule has 0 amide bonds. The molecule has 0 aliphatic heterocycles. The van der Waals surface area contributed by atoms with Gasteiger partial charge in [-0.2, -0.15) is 0 Å². The molecular weight excluding hydrogens is 405 g/mol. The summed E-state index contributed by atoms with van der Waals surface area (Å²) in [6, 6.07) is 6.19. The van der Waals surface area contributed by atoms with Crippen molar-refractivity contribution in [2.24, 2.45) is 11.7 Å². The lowest BCUT2D eigenvalue weighted by atomic mass is 9.85. The van der Waals surface area contributed by atoms with E-state index in [-0.39, 0.29) is 6.04 Å². The van der Waals surface area contributed by atoms with E-state index in [1.165, 1.54) is 17.7 Å². The van der Waals surface area contributed by atoms with Gasteiger partial charge in [0.1, 0.15) is 5.15 Å². The normalized spacial score (nSPS) is 21.0. The van der Waals surface area contributed by atoms with Gasteiger partial charge in [0, 0.05) is 17.5 Å². The number of hydrogen-bond donors (Lipinski definition) is 2. The molecule has 3 rings (SSSR count). The lowest BCUT2D eigenvalue weighted by Crippen LogP contribution is -2.31. The number of thiophene rings is 1. The molecule has 26 heavy (non-hydrogen) atoms. The van der Waals surface area contributed by atoms with Crippen molar-refractivity contribution in [1.82, 2.24) is 4.98 Å². The molecule has 1 aliphatic carbocycles. The molecule has 1 saturated carbocycles. The number of aromatic nitrogens is 1. The molecule has 2 aromatic rings. The molecule has 7 heteroatoms. The van der Waals surface area contributed by atoms with E-state index in [0.717, 1.165) is 35.7 Å². The Bertz CT molecular complexity index is 762. The quantitative estimate of drug-likeness (QED) is 0.423. The molecule has 140 valence electrons. The number of pyridine rings is 1. The number of nitrogens with zero attached hydrogens (tertiary/aromatic N) is 1. The van der Waals surface area contributed by atoms with Crippen molar-refractivity contribution in [3.05, 3.63) is 45.4 Å². The molecule has 0 radical (unpaired) electrons. The number of hydrogen-bond acceptors (Lipinski definition) is 5. The predicted molar refractivity (Wildman–Crippen MR) is 116 cm³/mol. The first-order chi connectivity index (χ1) is 12.6. The second-order valence-corrected chi connectivity index (χ2v) is 9.08. The molecule has 0 aromatic carbocycles. The monoisotopic (exact) mass is 427 g/mol. The van der Waals surface area contributed by atoms with Crippen LogP contribution in [0.3, 0.4) is 0 Å². The third-order valence-corrected chi connectivity index (χ3v) is 6.84. The van der Waals surface area contributed by atoms with E-state index < -0.39 is 0 Å². The van der Waals surface area contributed by atoms with E-state index in [1.54, 1.807) is 23.1 Å². The van der Waals surface area contributed by atoms with Gasteiger partial charge in [-0.25, -0.2) is 4.98 Å². The average Bonchev–Trinajstić information content (AvgIpc) is 3.15. The Morgan fingerprint density at radius 1 is 1.46 bits per heavy atom. The average molecular weight is 428 g/mol. The van der Waals surface area contributed by atoms with Crippen molar-refractivity contribution >= 4 is 57.0 Å². The second-order valence-electron chi connectivity index (χ2n) is 6.43. The highest BCUT2D eigenvalue weighted by Gasteiger charge is 2.22. The minimum atomic E-state index is 0.172. The molecule has 1 fully saturated rings. The summed E-state index contributed by atoms with van der Waals surface area (Å²) in [5.41, 5.74) is 7.96. The third-order valence-electron chi connectivity index (χ3n) is 4.64. The van der Waals surface area contributed by atoms with Crippen molar-refractivity contribution in [2.75, 3.05) is 11.6 Å². The van der Waals surface area contributed by atoms with E-state index in [4.69, 9.17) is 28.9 Å². The zero-order chi connectivity index (χ0) is 18.5. The summed E-state index contributed by atoms with van der Waals surface area (Å²) in [4.78, 5) is 6.78. The second kappa shape index (κ2) is 9.47. The van der Waals surface area contributed by atoms with Crippen molar-refractivity contribution in [3.8, 4) is 0 Å². The van der Waals surface area contributed by atoms with E-state index >= 15 is 0 Å². The van der Waals surface area contributed by atoms with Gasteiger partial charge in [-0.3, -0.25) is 0 Å². The highest BCUT2D eigenvalue weighted by molar-refractivity contribution is 7.98. The molecule has 3 N–H and O–H groups in total. The van der Waals surface area contributed by atoms with Gasteiger partial charge in [-0.15, -0.1) is 23.1 Å². The van der Waals surface area contributed by atoms with Crippen molar-refractivity contribution in [1.29, 1.82) is 0 Å². The summed E-state index contributed by atoms with van der Waals surface area (Å²) in [7, 11) is 0. The van der Waals surface area contributed by atoms with Crippen LogP contribution in [0.25, 0.3) is 5.03 Å². The van der Waals surface area contributed by atoms with Gasteiger partial charge in [-0.05, 0) is 42.5 Å². The number of thioether (sulfide) groups is 1. The maximum absolute atomic E-state index is 6.68. The Morgan fingerprint density at radius 3 is 2.96 bits per heavy atom. The van der Waals surface area contributed by atoms with Crippen molar-refractivity contribution in [2.45, 2.75) is 43.2 Å². The molecule has 2 heterocycles. The lowest BCUT2D eigenvalue weighted by molar-refractivity contribution is 0.362. The van der Waals surface area contributed by atoms with Crippen LogP contribution in [0.2, 0.25) is 5.15 Å². The highest BCUT2D eigenvalue weighted by Crippen LogP contribution is 2.37. The smallest absolute Gasteiger partial charge is 0.131 e. The van der Waals surface area contributed by atoms with Crippen LogP contribution in [-0.2, 0) is 6.54 Å². The van der Waals surface area contributed by atoms with Gasteiger partial charge in [0.05, 0.1) is 21.3 Å². The van der Waals surface area contributed by atoms with E-state index in [9.17, 15) is 0 Å². The van der Waals surface area contributed by atoms with Crippen molar-refractivity contribution < 1.29 is 0 Å². The van der Waals surface area contributed by atoms with E-state index in [1.807, 2.05) is 12.3 Å². The number of anilines is 1. The minimum absolute atomic E-state index is 0.172. The van der Waals surface area contributed by atoms with Crippen LogP contribution < -0.4 is 11.1 Å². The molecular formula is C19H23Cl2N3S2. The van der Waals surface area contributed by atoms with Gasteiger partial charge in [0.25, 0.3) is 0 Å². The first kappa shape index (κ1) is 20.0. The SMILES string of the molecule is CSc1c(NCc2cccs2)cc(Cl)nc1/C(Cl)=C/[C@@H]1CCCCC1N. The summed E-state index contributed by atoms with van der Waals surface area (Å²) in [5.74, 6) is 0.300. The number of nitrogens with two attached hydrogens (primary N) is 1. The minimum Gasteiger partial charge on any atom is -0.379 e. The topological polar surface area (TPSA) is 50.9 Å². The Balaban J connectivity index is 1.87. The summed E-state index contributed by atoms with van der Waals surface area (Å²) >= 11 is 16.3. The third kappa shape index (κ3) is 4.96. The number of rotatable bonds is 6. The molecule has 3 nitrogen and oxygen atoms in total. The number of halogens is 2. The first-order valence-corrected chi connectivity index (χ1v) is 11.6. The molecule has 2 atom stereocenters. The van der Waals surface area contributed by atoms with Crippen LogP contribution in [0.15, 0.2) is 34.6 Å². The molecule has 1 aliphatic rings. The maximum Gasteiger partial charge on any atom is 0.131 e. The van der Waals surface area contributed by atoms with E-state index in [0.29, 0.717) is 16.1 Å². The molecule has 0 bridgehead atoms. The predicted octanol–water partition coefficient (Wildman–Crippen LogP) is 6.23. The summed E-state index contributed by atoms with van der Waals surface area (Å²) in [6.07, 6.45) is 8.64. The molecule has 2 aromatic heterocycles. The van der Waals surface area contributed by atoms with Gasteiger partial charge < -0.3 is 11.1 Å². The highest BCUT2D eigenvalue weighted by atomic mass is 35.5. The molecule has 0 saturated heterocycles. The summed E-state index contributed by atoms with van der Waals surface area (Å²) in [6.45, 7) is 0.750. The Kier molecular flexibility index (Phi) is 7.29. The molecule has 1 unspecified atom stereocenters. The van der Waals surface area contributed by atoms with Crippen LogP contribution in [0.4, 0.5) is 5.69 Å². The van der Waals surface area contributed by atoms with E-state index in [2.05, 4.69) is 33.9 Å². The van der Waals surface area contributed by atoms with Crippen LogP contribution in [0.1, 0.15) is 36.3 Å². The fourth-order valence-electron chi connectivity index (χ4n) is 3.26. The first-order valence-electron chi connectivity index (χ1n) is 8.72. The van der Waals surface area contributed by atoms with Gasteiger partial charge in [-0.1, -0.05) is 48.2 Å². The maximum atomic E-state index is 6.68. The fourth-order valence-corrected chi connectivity index (χ4v) is 5.15.